The van der Waals surface area contributed by atoms with Gasteiger partial charge in [0.15, 0.2) is 0 Å². The molecule has 8 N–H and O–H groups in total. The monoisotopic (exact) mass is 653 g/mol. The van der Waals surface area contributed by atoms with Crippen molar-refractivity contribution in [1.29, 1.82) is 10.8 Å². The van der Waals surface area contributed by atoms with Crippen LogP contribution in [-0.2, 0) is 0 Å². The Hall–Kier alpha value is -5.84. The van der Waals surface area contributed by atoms with Crippen molar-refractivity contribution in [2.75, 3.05) is 39.6 Å². The summed E-state index contributed by atoms with van der Waals surface area (Å²) in [6.45, 7) is 6.43. The van der Waals surface area contributed by atoms with E-state index in [-0.39, 0.29) is 11.7 Å². The first kappa shape index (κ1) is 35.0. The smallest absolute Gasteiger partial charge is 0.126 e. The van der Waals surface area contributed by atoms with Gasteiger partial charge in [0.25, 0.3) is 0 Å². The van der Waals surface area contributed by atoms with E-state index in [0.29, 0.717) is 104 Å². The number of nitrogen functional groups attached to an aromatic ring is 2. The van der Waals surface area contributed by atoms with Gasteiger partial charge < -0.3 is 45.6 Å². The summed E-state index contributed by atoms with van der Waals surface area (Å²) >= 11 is 0. The van der Waals surface area contributed by atoms with Gasteiger partial charge in [0.1, 0.15) is 46.2 Å². The van der Waals surface area contributed by atoms with E-state index in [9.17, 15) is 0 Å². The molecule has 0 atom stereocenters. The topological polar surface area (TPSA) is 181 Å². The van der Waals surface area contributed by atoms with Crippen LogP contribution in [0.2, 0.25) is 0 Å². The zero-order valence-electron chi connectivity index (χ0n) is 26.9. The molecule has 0 aliphatic heterocycles. The van der Waals surface area contributed by atoms with E-state index in [1.807, 2.05) is 42.5 Å². The van der Waals surface area contributed by atoms with Gasteiger partial charge in [-0.2, -0.15) is 0 Å². The van der Waals surface area contributed by atoms with Gasteiger partial charge in [-0.1, -0.05) is 6.58 Å². The largest absolute Gasteiger partial charge is 0.493 e. The van der Waals surface area contributed by atoms with Crippen LogP contribution in [-0.4, -0.2) is 51.3 Å². The summed E-state index contributed by atoms with van der Waals surface area (Å²) < 4.78 is 35.5. The molecule has 0 aliphatic carbocycles. The maximum Gasteiger partial charge on any atom is 0.126 e. The first-order valence-corrected chi connectivity index (χ1v) is 15.6. The van der Waals surface area contributed by atoms with Gasteiger partial charge in [0.05, 0.1) is 39.6 Å². The normalized spacial score (nSPS) is 10.5. The summed E-state index contributed by atoms with van der Waals surface area (Å²) in [5, 5.41) is 15.0. The molecule has 252 valence electrons. The van der Waals surface area contributed by atoms with Gasteiger partial charge in [-0.15, -0.1) is 0 Å². The van der Waals surface area contributed by atoms with Gasteiger partial charge in [0.2, 0.25) is 0 Å². The number of amidine groups is 2. The second-order valence-electron chi connectivity index (χ2n) is 10.7. The molecule has 0 amide bonds. The average Bonchev–Trinajstić information content (AvgIpc) is 3.08. The second-order valence-corrected chi connectivity index (χ2v) is 10.7. The molecule has 4 aromatic carbocycles. The molecule has 0 aliphatic rings. The molecular weight excluding hydrogens is 610 g/mol. The van der Waals surface area contributed by atoms with Crippen LogP contribution >= 0.6 is 0 Å². The average molecular weight is 654 g/mol. The number of benzene rings is 4. The summed E-state index contributed by atoms with van der Waals surface area (Å²) in [6.07, 6.45) is 1.97. The van der Waals surface area contributed by atoms with Crippen molar-refractivity contribution in [1.82, 2.24) is 0 Å². The lowest BCUT2D eigenvalue weighted by molar-refractivity contribution is 0.233. The quantitative estimate of drug-likeness (QED) is 0.0426. The van der Waals surface area contributed by atoms with E-state index >= 15 is 0 Å². The van der Waals surface area contributed by atoms with Crippen LogP contribution < -0.4 is 45.6 Å². The highest BCUT2D eigenvalue weighted by molar-refractivity contribution is 5.95. The molecule has 0 fully saturated rings. The van der Waals surface area contributed by atoms with E-state index in [4.69, 9.17) is 56.4 Å². The number of hydrogen-bond acceptors (Lipinski definition) is 9. The summed E-state index contributed by atoms with van der Waals surface area (Å²) in [5.41, 5.74) is 19.4. The van der Waals surface area contributed by atoms with Crippen LogP contribution in [0.15, 0.2) is 97.6 Å². The van der Waals surface area contributed by atoms with Crippen LogP contribution in [0.5, 0.6) is 34.5 Å². The Morgan fingerprint density at radius 1 is 0.417 bits per heavy atom. The van der Waals surface area contributed by atoms with Crippen molar-refractivity contribution >= 4 is 17.4 Å². The van der Waals surface area contributed by atoms with Crippen molar-refractivity contribution in [2.24, 2.45) is 17.2 Å². The minimum atomic E-state index is 0.0181. The molecule has 4 aromatic rings. The lowest BCUT2D eigenvalue weighted by atomic mass is 10.2. The molecule has 0 saturated heterocycles. The zero-order valence-corrected chi connectivity index (χ0v) is 26.9. The lowest BCUT2D eigenvalue weighted by Crippen LogP contribution is -2.10. The second kappa shape index (κ2) is 18.3. The highest BCUT2D eigenvalue weighted by Gasteiger charge is 2.07. The third-order valence-electron chi connectivity index (χ3n) is 6.89. The van der Waals surface area contributed by atoms with Gasteiger partial charge in [-0.25, -0.2) is 0 Å². The fraction of sp³-hybridized carbons (Fsp3) is 0.243. The molecule has 0 unspecified atom stereocenters. The Kier molecular flexibility index (Phi) is 13.4. The molecule has 0 bridgehead atoms. The Balaban J connectivity index is 1.25. The van der Waals surface area contributed by atoms with Gasteiger partial charge in [-0.05, 0) is 78.4 Å². The molecule has 11 nitrogen and oxygen atoms in total. The van der Waals surface area contributed by atoms with Crippen molar-refractivity contribution in [3.8, 4) is 34.5 Å². The predicted octanol–water partition coefficient (Wildman–Crippen LogP) is 5.73. The minimum absolute atomic E-state index is 0.0181. The molecule has 0 spiro atoms. The molecule has 0 aromatic heterocycles. The van der Waals surface area contributed by atoms with Gasteiger partial charge >= 0.3 is 0 Å². The fourth-order valence-electron chi connectivity index (χ4n) is 4.34. The van der Waals surface area contributed by atoms with E-state index in [0.717, 1.165) is 11.3 Å². The maximum absolute atomic E-state index is 7.50. The molecule has 0 heterocycles. The molecule has 11 heteroatoms. The summed E-state index contributed by atoms with van der Waals surface area (Å²) in [6, 6.07) is 27.1. The summed E-state index contributed by atoms with van der Waals surface area (Å²) in [7, 11) is 0. The third kappa shape index (κ3) is 11.8. The van der Waals surface area contributed by atoms with E-state index in [1.165, 1.54) is 0 Å². The van der Waals surface area contributed by atoms with Gasteiger partial charge in [0, 0.05) is 54.3 Å². The Bertz CT molecular complexity index is 1420. The van der Waals surface area contributed by atoms with E-state index in [1.54, 1.807) is 48.5 Å². The number of nitrogens with one attached hydrogen (secondary N) is 2. The molecule has 48 heavy (non-hydrogen) atoms. The van der Waals surface area contributed by atoms with E-state index < -0.39 is 0 Å². The number of ether oxygens (including phenoxy) is 6. The summed E-state index contributed by atoms with van der Waals surface area (Å²) in [4.78, 5) is 0. The SMILES string of the molecule is C=C(N)c1ccc(OCCCOc2cc(OCCCOc3ccc(C(=N)N)cc3)cc(OCCCOc3ccc(C(=N)N)cc3)c2)cc1. The van der Waals surface area contributed by atoms with Gasteiger partial charge in [-0.3, -0.25) is 10.8 Å². The highest BCUT2D eigenvalue weighted by Crippen LogP contribution is 2.28. The van der Waals surface area contributed by atoms with Crippen LogP contribution in [0.1, 0.15) is 36.0 Å². The summed E-state index contributed by atoms with van der Waals surface area (Å²) in [5.74, 6) is 4.04. The number of nitrogens with two attached hydrogens (primary N) is 3. The van der Waals surface area contributed by atoms with Crippen molar-refractivity contribution in [2.45, 2.75) is 19.3 Å². The molecule has 0 saturated carbocycles. The molecule has 4 rings (SSSR count). The van der Waals surface area contributed by atoms with Crippen LogP contribution in [0.25, 0.3) is 5.70 Å². The first-order chi connectivity index (χ1) is 23.3. The number of hydrogen-bond donors (Lipinski definition) is 5. The van der Waals surface area contributed by atoms with Crippen LogP contribution in [0, 0.1) is 10.8 Å². The van der Waals surface area contributed by atoms with Crippen molar-refractivity contribution in [3.05, 3.63) is 114 Å². The van der Waals surface area contributed by atoms with Crippen LogP contribution in [0.4, 0.5) is 0 Å². The Labute approximate surface area is 281 Å². The predicted molar refractivity (Wildman–Crippen MR) is 188 cm³/mol. The molecular formula is C37H43N5O6. The van der Waals surface area contributed by atoms with Crippen molar-refractivity contribution < 1.29 is 28.4 Å². The molecule has 0 radical (unpaired) electrons. The third-order valence-corrected chi connectivity index (χ3v) is 6.89. The van der Waals surface area contributed by atoms with Crippen LogP contribution in [0.3, 0.4) is 0 Å². The van der Waals surface area contributed by atoms with E-state index in [2.05, 4.69) is 6.58 Å². The minimum Gasteiger partial charge on any atom is -0.493 e. The standard InChI is InChI=1S/C37H43N5O6/c1-26(38)27-5-11-30(12-6-27)43-17-2-20-46-33-23-34(47-21-3-18-44-31-13-7-28(8-14-31)36(39)40)25-35(24-33)48-22-4-19-45-32-15-9-29(10-16-32)37(41)42/h5-16,23-25H,1-4,17-22,38H2,(H3,39,40)(H3,41,42). The maximum atomic E-state index is 7.50. The Morgan fingerprint density at radius 3 is 0.917 bits per heavy atom. The first-order valence-electron chi connectivity index (χ1n) is 15.6. The lowest BCUT2D eigenvalue weighted by Gasteiger charge is -2.14. The fourth-order valence-corrected chi connectivity index (χ4v) is 4.34. The number of rotatable bonds is 21. The highest BCUT2D eigenvalue weighted by atomic mass is 16.5. The Morgan fingerprint density at radius 2 is 0.667 bits per heavy atom. The van der Waals surface area contributed by atoms with Crippen molar-refractivity contribution in [3.63, 3.8) is 0 Å². The zero-order chi connectivity index (χ0) is 34.1.